The predicted molar refractivity (Wildman–Crippen MR) is 74.2 cm³/mol. The Morgan fingerprint density at radius 1 is 1.32 bits per heavy atom. The molecule has 0 atom stereocenters. The van der Waals surface area contributed by atoms with E-state index in [1.807, 2.05) is 18.2 Å². The van der Waals surface area contributed by atoms with Crippen molar-refractivity contribution in [3.8, 4) is 0 Å². The maximum atomic E-state index is 5.52. The van der Waals surface area contributed by atoms with Crippen molar-refractivity contribution in [1.82, 2.24) is 9.88 Å². The van der Waals surface area contributed by atoms with Crippen molar-refractivity contribution in [3.05, 3.63) is 18.2 Å². The summed E-state index contributed by atoms with van der Waals surface area (Å²) in [5.41, 5.74) is 8.05. The van der Waals surface area contributed by atoms with Gasteiger partial charge in [0, 0.05) is 37.9 Å². The quantitative estimate of drug-likeness (QED) is 0.861. The lowest BCUT2D eigenvalue weighted by atomic mass is 10.3. The van der Waals surface area contributed by atoms with E-state index in [4.69, 9.17) is 14.9 Å². The zero-order valence-electron chi connectivity index (χ0n) is 10.8. The molecule has 0 saturated carbocycles. The number of morpholine rings is 1. The SMILES string of the molecule is Nc1nc2ccc(NCCN3CCOCC3)cc2o1. The van der Waals surface area contributed by atoms with Gasteiger partial charge in [0.05, 0.1) is 13.2 Å². The van der Waals surface area contributed by atoms with Crippen LogP contribution in [0.25, 0.3) is 11.1 Å². The third-order valence-corrected chi connectivity index (χ3v) is 3.27. The van der Waals surface area contributed by atoms with E-state index in [0.29, 0.717) is 5.58 Å². The minimum atomic E-state index is 0.209. The van der Waals surface area contributed by atoms with Gasteiger partial charge in [-0.3, -0.25) is 4.90 Å². The van der Waals surface area contributed by atoms with Crippen LogP contribution in [0.2, 0.25) is 0 Å². The van der Waals surface area contributed by atoms with Crippen molar-refractivity contribution in [2.45, 2.75) is 0 Å². The van der Waals surface area contributed by atoms with Crippen molar-refractivity contribution in [1.29, 1.82) is 0 Å². The number of nitrogens with two attached hydrogens (primary N) is 1. The van der Waals surface area contributed by atoms with E-state index in [1.54, 1.807) is 0 Å². The molecule has 0 radical (unpaired) electrons. The molecule has 2 heterocycles. The summed E-state index contributed by atoms with van der Waals surface area (Å²) in [5, 5.41) is 3.38. The number of ether oxygens (including phenoxy) is 1. The first-order valence-electron chi connectivity index (χ1n) is 6.51. The molecule has 0 aliphatic carbocycles. The van der Waals surface area contributed by atoms with Crippen LogP contribution >= 0.6 is 0 Å². The fraction of sp³-hybridized carbons (Fsp3) is 0.462. The summed E-state index contributed by atoms with van der Waals surface area (Å²) < 4.78 is 10.6. The molecule has 3 N–H and O–H groups in total. The Balaban J connectivity index is 1.55. The first-order chi connectivity index (χ1) is 9.31. The zero-order valence-corrected chi connectivity index (χ0v) is 10.8. The molecule has 1 fully saturated rings. The number of hydrogen-bond donors (Lipinski definition) is 2. The minimum absolute atomic E-state index is 0.209. The van der Waals surface area contributed by atoms with Gasteiger partial charge in [-0.1, -0.05) is 0 Å². The summed E-state index contributed by atoms with van der Waals surface area (Å²) in [4.78, 5) is 6.46. The molecule has 3 rings (SSSR count). The molecule has 2 aromatic rings. The number of fused-ring (bicyclic) bond motifs is 1. The maximum absolute atomic E-state index is 5.52. The second kappa shape index (κ2) is 5.46. The molecular formula is C13H18N4O2. The molecule has 0 spiro atoms. The molecule has 6 heteroatoms. The highest BCUT2D eigenvalue weighted by Crippen LogP contribution is 2.20. The smallest absolute Gasteiger partial charge is 0.292 e. The van der Waals surface area contributed by atoms with Crippen LogP contribution in [-0.4, -0.2) is 49.3 Å². The van der Waals surface area contributed by atoms with Gasteiger partial charge in [-0.25, -0.2) is 0 Å². The summed E-state index contributed by atoms with van der Waals surface area (Å²) in [5.74, 6) is 0. The van der Waals surface area contributed by atoms with Gasteiger partial charge in [-0.2, -0.15) is 4.98 Å². The predicted octanol–water partition coefficient (Wildman–Crippen LogP) is 1.15. The number of hydrogen-bond acceptors (Lipinski definition) is 6. The monoisotopic (exact) mass is 262 g/mol. The molecule has 102 valence electrons. The second-order valence-electron chi connectivity index (χ2n) is 4.62. The first kappa shape index (κ1) is 12.3. The Morgan fingerprint density at radius 3 is 3.00 bits per heavy atom. The van der Waals surface area contributed by atoms with Crippen LogP contribution in [0.15, 0.2) is 22.6 Å². The van der Waals surface area contributed by atoms with Gasteiger partial charge in [0.25, 0.3) is 6.01 Å². The van der Waals surface area contributed by atoms with E-state index in [2.05, 4.69) is 15.2 Å². The average Bonchev–Trinajstić information content (AvgIpc) is 2.79. The highest BCUT2D eigenvalue weighted by molar-refractivity contribution is 5.78. The van der Waals surface area contributed by atoms with Crippen LogP contribution in [0.1, 0.15) is 0 Å². The Kier molecular flexibility index (Phi) is 3.52. The number of oxazole rings is 1. The van der Waals surface area contributed by atoms with E-state index < -0.39 is 0 Å². The number of nitrogens with zero attached hydrogens (tertiary/aromatic N) is 2. The maximum Gasteiger partial charge on any atom is 0.292 e. The highest BCUT2D eigenvalue weighted by Gasteiger charge is 2.09. The van der Waals surface area contributed by atoms with Crippen molar-refractivity contribution in [2.24, 2.45) is 0 Å². The average molecular weight is 262 g/mol. The summed E-state index contributed by atoms with van der Waals surface area (Å²) in [6.45, 7) is 5.61. The van der Waals surface area contributed by atoms with E-state index in [0.717, 1.165) is 50.6 Å². The van der Waals surface area contributed by atoms with Crippen LogP contribution in [0.5, 0.6) is 0 Å². The van der Waals surface area contributed by atoms with Gasteiger partial charge in [0.1, 0.15) is 5.52 Å². The standard InChI is InChI=1S/C13H18N4O2/c14-13-16-11-2-1-10(9-12(11)19-13)15-3-4-17-5-7-18-8-6-17/h1-2,9,15H,3-8H2,(H2,14,16). The van der Waals surface area contributed by atoms with Crippen LogP contribution < -0.4 is 11.1 Å². The number of nitrogens with one attached hydrogen (secondary N) is 1. The van der Waals surface area contributed by atoms with Crippen molar-refractivity contribution in [3.63, 3.8) is 0 Å². The van der Waals surface area contributed by atoms with Crippen molar-refractivity contribution in [2.75, 3.05) is 50.4 Å². The van der Waals surface area contributed by atoms with Gasteiger partial charge < -0.3 is 20.2 Å². The molecule has 1 aromatic carbocycles. The molecule has 1 aromatic heterocycles. The fourth-order valence-electron chi connectivity index (χ4n) is 2.24. The number of anilines is 2. The molecule has 0 bridgehead atoms. The Hall–Kier alpha value is -1.79. The summed E-state index contributed by atoms with van der Waals surface area (Å²) in [6, 6.07) is 6.04. The first-order valence-corrected chi connectivity index (χ1v) is 6.51. The minimum Gasteiger partial charge on any atom is -0.424 e. The highest BCUT2D eigenvalue weighted by atomic mass is 16.5. The molecule has 19 heavy (non-hydrogen) atoms. The lowest BCUT2D eigenvalue weighted by Gasteiger charge is -2.26. The lowest BCUT2D eigenvalue weighted by Crippen LogP contribution is -2.38. The third-order valence-electron chi connectivity index (χ3n) is 3.27. The van der Waals surface area contributed by atoms with Gasteiger partial charge in [-0.15, -0.1) is 0 Å². The van der Waals surface area contributed by atoms with E-state index in [9.17, 15) is 0 Å². The summed E-state index contributed by atoms with van der Waals surface area (Å²) in [6.07, 6.45) is 0. The molecule has 0 unspecified atom stereocenters. The third kappa shape index (κ3) is 2.97. The Labute approximate surface area is 111 Å². The number of benzene rings is 1. The molecule has 6 nitrogen and oxygen atoms in total. The fourth-order valence-corrected chi connectivity index (χ4v) is 2.24. The van der Waals surface area contributed by atoms with Crippen molar-refractivity contribution < 1.29 is 9.15 Å². The van der Waals surface area contributed by atoms with Crippen LogP contribution in [-0.2, 0) is 4.74 Å². The second-order valence-corrected chi connectivity index (χ2v) is 4.62. The lowest BCUT2D eigenvalue weighted by molar-refractivity contribution is 0.0398. The molecule has 1 aliphatic heterocycles. The number of nitrogen functional groups attached to an aromatic ring is 1. The van der Waals surface area contributed by atoms with Gasteiger partial charge >= 0.3 is 0 Å². The van der Waals surface area contributed by atoms with Gasteiger partial charge in [0.15, 0.2) is 5.58 Å². The van der Waals surface area contributed by atoms with E-state index in [1.165, 1.54) is 0 Å². The number of aromatic nitrogens is 1. The van der Waals surface area contributed by atoms with Gasteiger partial charge in [-0.05, 0) is 12.1 Å². The molecule has 1 saturated heterocycles. The largest absolute Gasteiger partial charge is 0.424 e. The van der Waals surface area contributed by atoms with Crippen LogP contribution in [0, 0.1) is 0 Å². The number of rotatable bonds is 4. The molecular weight excluding hydrogens is 244 g/mol. The topological polar surface area (TPSA) is 76.5 Å². The Morgan fingerprint density at radius 2 is 2.16 bits per heavy atom. The Bertz CT molecular complexity index is 549. The van der Waals surface area contributed by atoms with E-state index in [-0.39, 0.29) is 6.01 Å². The van der Waals surface area contributed by atoms with Crippen LogP contribution in [0.3, 0.4) is 0 Å². The van der Waals surface area contributed by atoms with Gasteiger partial charge in [0.2, 0.25) is 0 Å². The molecule has 1 aliphatic rings. The zero-order chi connectivity index (χ0) is 13.1. The normalized spacial score (nSPS) is 16.8. The van der Waals surface area contributed by atoms with E-state index >= 15 is 0 Å². The molecule has 0 amide bonds. The summed E-state index contributed by atoms with van der Waals surface area (Å²) >= 11 is 0. The van der Waals surface area contributed by atoms with Crippen LogP contribution in [0.4, 0.5) is 11.7 Å². The van der Waals surface area contributed by atoms with Crippen molar-refractivity contribution >= 4 is 22.8 Å². The summed E-state index contributed by atoms with van der Waals surface area (Å²) in [7, 11) is 0.